The van der Waals surface area contributed by atoms with E-state index in [4.69, 9.17) is 13.9 Å². The molecule has 4 aromatic rings. The highest BCUT2D eigenvalue weighted by Crippen LogP contribution is 2.34. The smallest absolute Gasteiger partial charge is 0.220 e. The van der Waals surface area contributed by atoms with Gasteiger partial charge in [-0.15, -0.1) is 0 Å². The number of hydrogen-bond acceptors (Lipinski definition) is 6. The molecule has 0 radical (unpaired) electrons. The molecule has 6 nitrogen and oxygen atoms in total. The Morgan fingerprint density at radius 3 is 2.66 bits per heavy atom. The highest BCUT2D eigenvalue weighted by molar-refractivity contribution is 5.79. The quantitative estimate of drug-likeness (QED) is 0.334. The molecule has 0 amide bonds. The van der Waals surface area contributed by atoms with Gasteiger partial charge >= 0.3 is 0 Å². The topological polar surface area (TPSA) is 59.8 Å². The second-order valence-electron chi connectivity index (χ2n) is 8.60. The summed E-state index contributed by atoms with van der Waals surface area (Å²) in [6, 6.07) is 22.1. The minimum Gasteiger partial charge on any atom is -0.496 e. The van der Waals surface area contributed by atoms with Gasteiger partial charge in [0, 0.05) is 49.9 Å². The highest BCUT2D eigenvalue weighted by Gasteiger charge is 2.11. The van der Waals surface area contributed by atoms with Gasteiger partial charge in [-0.1, -0.05) is 42.5 Å². The lowest BCUT2D eigenvalue weighted by atomic mass is 10.0. The number of hydrogen-bond donors (Lipinski definition) is 1. The van der Waals surface area contributed by atoms with Crippen molar-refractivity contribution in [1.82, 2.24) is 15.2 Å². The van der Waals surface area contributed by atoms with Gasteiger partial charge in [0.25, 0.3) is 0 Å². The molecule has 1 fully saturated rings. The first-order valence-corrected chi connectivity index (χ1v) is 12.2. The Bertz CT molecular complexity index is 1260. The Labute approximate surface area is 206 Å². The molecule has 5 rings (SSSR count). The van der Waals surface area contributed by atoms with Crippen LogP contribution in [0.4, 0.5) is 0 Å². The molecule has 0 spiro atoms. The molecule has 0 bridgehead atoms. The predicted molar refractivity (Wildman–Crippen MR) is 141 cm³/mol. The lowest BCUT2D eigenvalue weighted by Crippen LogP contribution is -2.43. The normalized spacial score (nSPS) is 14.5. The van der Waals surface area contributed by atoms with Crippen molar-refractivity contribution < 1.29 is 13.9 Å². The Morgan fingerprint density at radius 2 is 1.80 bits per heavy atom. The molecule has 180 valence electrons. The van der Waals surface area contributed by atoms with Gasteiger partial charge in [-0.05, 0) is 42.3 Å². The molecule has 1 saturated heterocycles. The summed E-state index contributed by atoms with van der Waals surface area (Å²) in [4.78, 5) is 7.04. The minimum absolute atomic E-state index is 0.574. The van der Waals surface area contributed by atoms with Crippen molar-refractivity contribution in [3.05, 3.63) is 78.2 Å². The third-order valence-electron chi connectivity index (χ3n) is 6.23. The van der Waals surface area contributed by atoms with Gasteiger partial charge in [0.2, 0.25) is 5.89 Å². The van der Waals surface area contributed by atoms with Crippen molar-refractivity contribution in [2.75, 3.05) is 46.4 Å². The first kappa shape index (κ1) is 23.1. The predicted octanol–water partition coefficient (Wildman–Crippen LogP) is 5.35. The molecule has 3 aromatic carbocycles. The minimum atomic E-state index is 0.574. The van der Waals surface area contributed by atoms with Crippen LogP contribution in [0, 0.1) is 0 Å². The number of rotatable bonds is 9. The fraction of sp³-hybridized carbons (Fsp3) is 0.276. The fourth-order valence-electron chi connectivity index (χ4n) is 4.38. The SMILES string of the molecule is COc1ccccc1-c1ccc(C=Cc2nc3ccccc3o2)c(OCCCN2CCNCC2)c1. The van der Waals surface area contributed by atoms with E-state index < -0.39 is 0 Å². The molecular weight excluding hydrogens is 438 g/mol. The number of para-hydroxylation sites is 3. The number of nitrogens with zero attached hydrogens (tertiary/aromatic N) is 2. The van der Waals surface area contributed by atoms with Crippen LogP contribution >= 0.6 is 0 Å². The van der Waals surface area contributed by atoms with Crippen molar-refractivity contribution in [3.8, 4) is 22.6 Å². The second-order valence-corrected chi connectivity index (χ2v) is 8.60. The van der Waals surface area contributed by atoms with E-state index in [1.54, 1.807) is 7.11 Å². The monoisotopic (exact) mass is 469 g/mol. The standard InChI is InChI=1S/C29H31N3O3/c1-33-26-9-4-2-7-24(26)23-12-11-22(13-14-29-31-25-8-3-5-10-27(25)35-29)28(21-23)34-20-6-17-32-18-15-30-16-19-32/h2-5,7-14,21,30H,6,15-20H2,1H3. The maximum Gasteiger partial charge on any atom is 0.220 e. The van der Waals surface area contributed by atoms with Gasteiger partial charge < -0.3 is 24.1 Å². The molecular formula is C29H31N3O3. The molecule has 1 aliphatic heterocycles. The van der Waals surface area contributed by atoms with Crippen LogP contribution in [-0.4, -0.2) is 56.3 Å². The molecule has 35 heavy (non-hydrogen) atoms. The van der Waals surface area contributed by atoms with E-state index in [9.17, 15) is 0 Å². The van der Waals surface area contributed by atoms with Crippen LogP contribution in [0.3, 0.4) is 0 Å². The summed E-state index contributed by atoms with van der Waals surface area (Å²) in [5.74, 6) is 2.25. The lowest BCUT2D eigenvalue weighted by Gasteiger charge is -2.27. The molecule has 0 aliphatic carbocycles. The Balaban J connectivity index is 1.37. The highest BCUT2D eigenvalue weighted by atomic mass is 16.5. The van der Waals surface area contributed by atoms with Gasteiger partial charge in [-0.2, -0.15) is 0 Å². The molecule has 6 heteroatoms. The Morgan fingerprint density at radius 1 is 0.971 bits per heavy atom. The number of methoxy groups -OCH3 is 1. The zero-order chi connectivity index (χ0) is 23.9. The van der Waals surface area contributed by atoms with Crippen molar-refractivity contribution in [2.24, 2.45) is 0 Å². The lowest BCUT2D eigenvalue weighted by molar-refractivity contribution is 0.214. The van der Waals surface area contributed by atoms with E-state index in [-0.39, 0.29) is 0 Å². The van der Waals surface area contributed by atoms with Gasteiger partial charge in [0.05, 0.1) is 13.7 Å². The maximum atomic E-state index is 6.33. The van der Waals surface area contributed by atoms with Crippen LogP contribution in [-0.2, 0) is 0 Å². The van der Waals surface area contributed by atoms with E-state index >= 15 is 0 Å². The third kappa shape index (κ3) is 5.73. The number of benzene rings is 3. The van der Waals surface area contributed by atoms with Gasteiger partial charge in [-0.25, -0.2) is 4.98 Å². The summed E-state index contributed by atoms with van der Waals surface area (Å²) >= 11 is 0. The number of oxazole rings is 1. The molecule has 1 aliphatic rings. The van der Waals surface area contributed by atoms with E-state index in [1.807, 2.05) is 54.6 Å². The fourth-order valence-corrected chi connectivity index (χ4v) is 4.38. The average molecular weight is 470 g/mol. The van der Waals surface area contributed by atoms with Crippen LogP contribution in [0.1, 0.15) is 17.9 Å². The van der Waals surface area contributed by atoms with Crippen molar-refractivity contribution in [2.45, 2.75) is 6.42 Å². The summed E-state index contributed by atoms with van der Waals surface area (Å²) in [6.45, 7) is 6.02. The summed E-state index contributed by atoms with van der Waals surface area (Å²) < 4.78 is 17.8. The molecule has 0 atom stereocenters. The van der Waals surface area contributed by atoms with Crippen LogP contribution in [0.15, 0.2) is 71.1 Å². The van der Waals surface area contributed by atoms with Crippen LogP contribution in [0.5, 0.6) is 11.5 Å². The van der Waals surface area contributed by atoms with Crippen LogP contribution < -0.4 is 14.8 Å². The van der Waals surface area contributed by atoms with Crippen LogP contribution in [0.2, 0.25) is 0 Å². The van der Waals surface area contributed by atoms with Gasteiger partial charge in [-0.3, -0.25) is 0 Å². The summed E-state index contributed by atoms with van der Waals surface area (Å²) in [5.41, 5.74) is 4.70. The van der Waals surface area contributed by atoms with E-state index in [0.717, 1.165) is 78.4 Å². The first-order valence-electron chi connectivity index (χ1n) is 12.2. The summed E-state index contributed by atoms with van der Waals surface area (Å²) in [6.07, 6.45) is 4.88. The van der Waals surface area contributed by atoms with E-state index in [1.165, 1.54) is 0 Å². The summed E-state index contributed by atoms with van der Waals surface area (Å²) in [5, 5.41) is 3.40. The zero-order valence-electron chi connectivity index (χ0n) is 20.1. The second kappa shape index (κ2) is 11.2. The number of fused-ring (bicyclic) bond motifs is 1. The average Bonchev–Trinajstić information content (AvgIpc) is 3.34. The number of nitrogens with one attached hydrogen (secondary N) is 1. The van der Waals surface area contributed by atoms with E-state index in [2.05, 4.69) is 39.5 Å². The number of piperazine rings is 1. The van der Waals surface area contributed by atoms with Crippen LogP contribution in [0.25, 0.3) is 34.4 Å². The zero-order valence-corrected chi connectivity index (χ0v) is 20.1. The van der Waals surface area contributed by atoms with Gasteiger partial charge in [0.15, 0.2) is 5.58 Å². The van der Waals surface area contributed by atoms with Gasteiger partial charge in [0.1, 0.15) is 17.0 Å². The third-order valence-corrected chi connectivity index (χ3v) is 6.23. The molecule has 0 saturated carbocycles. The Kier molecular flexibility index (Phi) is 7.41. The Hall–Kier alpha value is -3.61. The molecule has 2 heterocycles. The van der Waals surface area contributed by atoms with Crippen molar-refractivity contribution >= 4 is 23.3 Å². The largest absolute Gasteiger partial charge is 0.496 e. The maximum absolute atomic E-state index is 6.33. The van der Waals surface area contributed by atoms with Crippen molar-refractivity contribution in [3.63, 3.8) is 0 Å². The molecule has 1 N–H and O–H groups in total. The van der Waals surface area contributed by atoms with E-state index in [0.29, 0.717) is 12.5 Å². The summed E-state index contributed by atoms with van der Waals surface area (Å²) in [7, 11) is 1.70. The van der Waals surface area contributed by atoms with Crippen molar-refractivity contribution in [1.29, 1.82) is 0 Å². The molecule has 1 aromatic heterocycles. The number of ether oxygens (including phenoxy) is 2. The first-order chi connectivity index (χ1) is 17.3. The molecule has 0 unspecified atom stereocenters. The number of aromatic nitrogens is 1.